The Morgan fingerprint density at radius 2 is 1.91 bits per heavy atom. The molecule has 1 aliphatic carbocycles. The molecule has 2 aromatic heterocycles. The fourth-order valence-electron chi connectivity index (χ4n) is 5.07. The molecule has 1 N–H and O–H groups in total. The maximum absolute atomic E-state index is 13.4. The van der Waals surface area contributed by atoms with Crippen LogP contribution < -0.4 is 11.4 Å². The molecule has 4 unspecified atom stereocenters. The lowest BCUT2D eigenvalue weighted by atomic mass is 9.65. The summed E-state index contributed by atoms with van der Waals surface area (Å²) in [5.74, 6) is -1.94. The van der Waals surface area contributed by atoms with Gasteiger partial charge in [-0.3, -0.25) is 14.5 Å². The van der Waals surface area contributed by atoms with Gasteiger partial charge in [0.2, 0.25) is 0 Å². The molecule has 2 aromatic rings. The number of nitrogens with zero attached hydrogens (tertiary/aromatic N) is 4. The highest BCUT2D eigenvalue weighted by atomic mass is 79.9. The molecule has 5 rings (SSSR count). The molecule has 2 aliphatic heterocycles. The van der Waals surface area contributed by atoms with Crippen LogP contribution in [0.2, 0.25) is 0 Å². The highest BCUT2D eigenvalue weighted by Crippen LogP contribution is 2.63. The average Bonchev–Trinajstić information content (AvgIpc) is 3.37. The summed E-state index contributed by atoms with van der Waals surface area (Å²) in [7, 11) is 1.36. The van der Waals surface area contributed by atoms with Gasteiger partial charge in [-0.2, -0.15) is 0 Å². The lowest BCUT2D eigenvalue weighted by molar-refractivity contribution is -0.138. The van der Waals surface area contributed by atoms with Crippen molar-refractivity contribution >= 4 is 50.9 Å². The zero-order chi connectivity index (χ0) is 23.2. The van der Waals surface area contributed by atoms with Crippen molar-refractivity contribution in [1.82, 2.24) is 18.8 Å². The molecule has 10 nitrogen and oxygen atoms in total. The molecule has 1 saturated carbocycles. The zero-order valence-corrected chi connectivity index (χ0v) is 19.7. The molecule has 4 atom stereocenters. The number of hydrogen-bond donors (Lipinski definition) is 1. The number of carbonyl (C=O) groups is 2. The molecular weight excluding hydrogens is 531 g/mol. The molecule has 32 heavy (non-hydrogen) atoms. The van der Waals surface area contributed by atoms with Crippen LogP contribution in [-0.2, 0) is 29.8 Å². The summed E-state index contributed by atoms with van der Waals surface area (Å²) >= 11 is 17.1. The van der Waals surface area contributed by atoms with Crippen LogP contribution in [-0.4, -0.2) is 51.0 Å². The van der Waals surface area contributed by atoms with Crippen LogP contribution >= 0.6 is 39.1 Å². The van der Waals surface area contributed by atoms with Gasteiger partial charge in [0, 0.05) is 13.5 Å². The lowest BCUT2D eigenvalue weighted by Crippen LogP contribution is -2.59. The van der Waals surface area contributed by atoms with Crippen LogP contribution in [0.5, 0.6) is 0 Å². The van der Waals surface area contributed by atoms with Gasteiger partial charge in [0.05, 0.1) is 24.0 Å². The highest BCUT2D eigenvalue weighted by molar-refractivity contribution is 9.09. The van der Waals surface area contributed by atoms with E-state index in [2.05, 4.69) is 15.9 Å². The minimum absolute atomic E-state index is 0.0668. The lowest BCUT2D eigenvalue weighted by Gasteiger charge is -2.48. The number of alkyl halides is 3. The van der Waals surface area contributed by atoms with Crippen molar-refractivity contribution in [1.29, 1.82) is 0 Å². The van der Waals surface area contributed by atoms with Crippen molar-refractivity contribution in [2.75, 3.05) is 5.45 Å². The number of fused-ring (bicyclic) bond motifs is 4. The van der Waals surface area contributed by atoms with Crippen LogP contribution in [0.15, 0.2) is 37.8 Å². The number of aromatic nitrogens is 3. The second-order valence-electron chi connectivity index (χ2n) is 8.04. The molecular formula is C19H17BrCl2N4O6. The second-order valence-corrected chi connectivity index (χ2v) is 9.78. The number of furan rings is 1. The molecule has 2 fully saturated rings. The second kappa shape index (κ2) is 6.96. The van der Waals surface area contributed by atoms with Crippen molar-refractivity contribution in [2.45, 2.75) is 41.3 Å². The van der Waals surface area contributed by atoms with Crippen molar-refractivity contribution in [3.8, 4) is 0 Å². The Kier molecular flexibility index (Phi) is 4.73. The fraction of sp³-hybridized carbons (Fsp3) is 0.474. The summed E-state index contributed by atoms with van der Waals surface area (Å²) < 4.78 is 9.24. The van der Waals surface area contributed by atoms with Crippen LogP contribution in [0.1, 0.15) is 29.9 Å². The van der Waals surface area contributed by atoms with Gasteiger partial charge in [0.25, 0.3) is 11.8 Å². The molecule has 0 bridgehead atoms. The summed E-state index contributed by atoms with van der Waals surface area (Å²) in [5, 5.41) is 9.47. The monoisotopic (exact) mass is 546 g/mol. The smallest absolute Gasteiger partial charge is 0.347 e. The Hall–Kier alpha value is -2.08. The Balaban J connectivity index is 1.80. The van der Waals surface area contributed by atoms with E-state index in [9.17, 15) is 24.3 Å². The van der Waals surface area contributed by atoms with E-state index in [1.54, 1.807) is 12.1 Å². The number of hydrogen-bond acceptors (Lipinski definition) is 6. The number of likely N-dealkylation sites (tertiary alicyclic amines) is 1. The van der Waals surface area contributed by atoms with Gasteiger partial charge in [0.1, 0.15) is 18.1 Å². The Morgan fingerprint density at radius 3 is 2.53 bits per heavy atom. The van der Waals surface area contributed by atoms with Gasteiger partial charge < -0.3 is 9.52 Å². The van der Waals surface area contributed by atoms with E-state index in [4.69, 9.17) is 27.6 Å². The van der Waals surface area contributed by atoms with Crippen molar-refractivity contribution < 1.29 is 19.1 Å². The van der Waals surface area contributed by atoms with Crippen LogP contribution in [0, 0.1) is 0 Å². The van der Waals surface area contributed by atoms with E-state index in [0.717, 1.165) is 9.47 Å². The molecule has 0 radical (unpaired) electrons. The van der Waals surface area contributed by atoms with Gasteiger partial charge in [-0.1, -0.05) is 22.0 Å². The first-order chi connectivity index (χ1) is 15.1. The molecule has 0 spiro atoms. The van der Waals surface area contributed by atoms with Gasteiger partial charge in [-0.05, 0) is 17.7 Å². The van der Waals surface area contributed by atoms with Gasteiger partial charge in [-0.15, -0.1) is 23.2 Å². The van der Waals surface area contributed by atoms with Crippen LogP contribution in [0.4, 0.5) is 0 Å². The minimum Gasteiger partial charge on any atom is -0.463 e. The van der Waals surface area contributed by atoms with E-state index in [0.29, 0.717) is 5.57 Å². The highest BCUT2D eigenvalue weighted by Gasteiger charge is 2.75. The van der Waals surface area contributed by atoms with E-state index >= 15 is 0 Å². The van der Waals surface area contributed by atoms with Gasteiger partial charge in [0.15, 0.2) is 9.75 Å². The molecule has 4 heterocycles. The predicted molar refractivity (Wildman–Crippen MR) is 116 cm³/mol. The third-order valence-electron chi connectivity index (χ3n) is 6.60. The number of imide groups is 1. The Bertz CT molecular complexity index is 1320. The topological polar surface area (TPSA) is 120 Å². The minimum atomic E-state index is -1.94. The Labute approximate surface area is 198 Å². The van der Waals surface area contributed by atoms with E-state index in [1.807, 2.05) is 0 Å². The summed E-state index contributed by atoms with van der Waals surface area (Å²) in [6.07, 6.45) is 1.54. The quantitative estimate of drug-likeness (QED) is 0.262. The predicted octanol–water partition coefficient (Wildman–Crippen LogP) is 0.779. The number of allylic oxidation sites excluding steroid dienone is 2. The van der Waals surface area contributed by atoms with E-state index < -0.39 is 44.9 Å². The third-order valence-corrected chi connectivity index (χ3v) is 8.51. The van der Waals surface area contributed by atoms with Gasteiger partial charge in [-0.25, -0.2) is 23.5 Å². The molecule has 13 heteroatoms. The SMILES string of the molecule is Cn1c(=O)n2n(c1=O)C1CC3(Cl)C(=O)N(CBr)C(=O)C3(Cl)C(c3ccc(CO)o3)C1=CC2. The summed E-state index contributed by atoms with van der Waals surface area (Å²) in [4.78, 5) is 49.2. The standard InChI is InChI=1S/C19H17BrCl2N4O6/c1-23-16(30)25-5-4-10-11(26(25)17(23)31)6-18(21)14(28)24(8-20)15(29)19(18,22)13(10)12-3-2-9(7-27)32-12/h2-4,11,13,27H,5-8H2,1H3. The molecule has 2 amide bonds. The molecule has 1 saturated heterocycles. The number of amides is 2. The van der Waals surface area contributed by atoms with Crippen LogP contribution in [0.3, 0.4) is 0 Å². The summed E-state index contributed by atoms with van der Waals surface area (Å²) in [6.45, 7) is -0.314. The Morgan fingerprint density at radius 1 is 1.19 bits per heavy atom. The van der Waals surface area contributed by atoms with Crippen LogP contribution in [0.25, 0.3) is 0 Å². The van der Waals surface area contributed by atoms with E-state index in [-0.39, 0.29) is 36.5 Å². The van der Waals surface area contributed by atoms with Gasteiger partial charge >= 0.3 is 11.4 Å². The first-order valence-corrected chi connectivity index (χ1v) is 11.6. The number of carbonyl (C=O) groups excluding carboxylic acids is 2. The number of aliphatic hydroxyl groups excluding tert-OH is 1. The number of aliphatic hydroxyl groups is 1. The van der Waals surface area contributed by atoms with E-state index in [1.165, 1.54) is 22.5 Å². The summed E-state index contributed by atoms with van der Waals surface area (Å²) in [5.41, 5.74) is -0.651. The maximum Gasteiger partial charge on any atom is 0.347 e. The zero-order valence-electron chi connectivity index (χ0n) is 16.6. The molecule has 0 aromatic carbocycles. The summed E-state index contributed by atoms with van der Waals surface area (Å²) in [6, 6.07) is 2.28. The fourth-order valence-corrected chi connectivity index (χ4v) is 6.46. The number of halogens is 3. The van der Waals surface area contributed by atoms with Crippen molar-refractivity contribution in [2.24, 2.45) is 7.05 Å². The first-order valence-electron chi connectivity index (χ1n) is 9.69. The third kappa shape index (κ3) is 2.39. The van der Waals surface area contributed by atoms with Crippen molar-refractivity contribution in [3.63, 3.8) is 0 Å². The first kappa shape index (κ1) is 21.7. The van der Waals surface area contributed by atoms with Crippen molar-refractivity contribution in [3.05, 3.63) is 56.3 Å². The average molecular weight is 548 g/mol. The largest absolute Gasteiger partial charge is 0.463 e. The molecule has 3 aliphatic rings. The normalized spacial score (nSPS) is 31.4. The molecule has 170 valence electrons. The number of rotatable bonds is 3. The maximum atomic E-state index is 13.4.